The molecule has 21 heavy (non-hydrogen) atoms. The van der Waals surface area contributed by atoms with Crippen molar-refractivity contribution in [2.45, 2.75) is 44.0 Å². The summed E-state index contributed by atoms with van der Waals surface area (Å²) in [6.07, 6.45) is 2.62. The van der Waals surface area contributed by atoms with E-state index in [0.29, 0.717) is 0 Å². The molecule has 1 heterocycles. The molecule has 1 aromatic rings. The van der Waals surface area contributed by atoms with Crippen molar-refractivity contribution in [2.75, 3.05) is 13.1 Å². The number of piperidine rings is 1. The van der Waals surface area contributed by atoms with Crippen molar-refractivity contribution in [1.82, 2.24) is 10.0 Å². The Morgan fingerprint density at radius 1 is 1.43 bits per heavy atom. The van der Waals surface area contributed by atoms with Crippen molar-refractivity contribution in [3.8, 4) is 0 Å². The maximum Gasteiger partial charge on any atom is 0.242 e. The molecule has 0 aromatic heterocycles. The van der Waals surface area contributed by atoms with E-state index in [1.807, 2.05) is 6.07 Å². The highest BCUT2D eigenvalue weighted by atomic mass is 35.5. The number of benzene rings is 1. The molecule has 0 bridgehead atoms. The Labute approximate surface area is 132 Å². The first-order chi connectivity index (χ1) is 9.94. The van der Waals surface area contributed by atoms with E-state index in [1.54, 1.807) is 12.1 Å². The molecule has 2 N–H and O–H groups in total. The lowest BCUT2D eigenvalue weighted by atomic mass is 9.97. The van der Waals surface area contributed by atoms with Crippen molar-refractivity contribution < 1.29 is 8.42 Å². The van der Waals surface area contributed by atoms with Crippen LogP contribution in [0.15, 0.2) is 23.1 Å². The standard InChI is InChI=1S/C15H23ClN2O2S/c1-3-4-12-5-6-13(16)15(9-12)21(19,20)18-14-7-8-17-10-11(14)2/h5-6,9,11,14,17-18H,3-4,7-8,10H2,1-2H3. The van der Waals surface area contributed by atoms with Crippen molar-refractivity contribution in [3.63, 3.8) is 0 Å². The molecular weight excluding hydrogens is 308 g/mol. The van der Waals surface area contributed by atoms with Gasteiger partial charge in [0.25, 0.3) is 0 Å². The fourth-order valence-electron chi connectivity index (χ4n) is 2.65. The topological polar surface area (TPSA) is 58.2 Å². The number of hydrogen-bond acceptors (Lipinski definition) is 3. The van der Waals surface area contributed by atoms with Crippen LogP contribution >= 0.6 is 11.6 Å². The Morgan fingerprint density at radius 3 is 2.86 bits per heavy atom. The Bertz CT molecular complexity index is 589. The molecule has 1 aromatic carbocycles. The van der Waals surface area contributed by atoms with Gasteiger partial charge in [-0.3, -0.25) is 0 Å². The van der Waals surface area contributed by atoms with Crippen molar-refractivity contribution in [3.05, 3.63) is 28.8 Å². The van der Waals surface area contributed by atoms with E-state index >= 15 is 0 Å². The predicted octanol–water partition coefficient (Wildman–Crippen LogP) is 2.57. The van der Waals surface area contributed by atoms with Gasteiger partial charge in [-0.05, 0) is 49.5 Å². The van der Waals surface area contributed by atoms with E-state index in [2.05, 4.69) is 23.9 Å². The van der Waals surface area contributed by atoms with E-state index in [9.17, 15) is 8.42 Å². The van der Waals surface area contributed by atoms with Crippen LogP contribution in [0.4, 0.5) is 0 Å². The van der Waals surface area contributed by atoms with E-state index < -0.39 is 10.0 Å². The van der Waals surface area contributed by atoms with E-state index in [1.165, 1.54) is 0 Å². The molecule has 2 unspecified atom stereocenters. The van der Waals surface area contributed by atoms with Crippen LogP contribution in [0.25, 0.3) is 0 Å². The highest BCUT2D eigenvalue weighted by molar-refractivity contribution is 7.89. The molecule has 1 aliphatic rings. The van der Waals surface area contributed by atoms with Crippen LogP contribution in [-0.4, -0.2) is 27.5 Å². The summed E-state index contributed by atoms with van der Waals surface area (Å²) in [6, 6.07) is 5.22. The summed E-state index contributed by atoms with van der Waals surface area (Å²) in [7, 11) is -3.57. The largest absolute Gasteiger partial charge is 0.316 e. The summed E-state index contributed by atoms with van der Waals surface area (Å²) in [5.74, 6) is 0.270. The molecule has 2 rings (SSSR count). The molecule has 2 atom stereocenters. The molecule has 0 spiro atoms. The predicted molar refractivity (Wildman–Crippen MR) is 86.2 cm³/mol. The van der Waals surface area contributed by atoms with Gasteiger partial charge in [-0.15, -0.1) is 0 Å². The number of sulfonamides is 1. The Hall–Kier alpha value is -0.620. The average molecular weight is 331 g/mol. The van der Waals surface area contributed by atoms with E-state index in [-0.39, 0.29) is 21.9 Å². The van der Waals surface area contributed by atoms with Crippen LogP contribution in [0.5, 0.6) is 0 Å². The minimum absolute atomic E-state index is 0.0397. The Balaban J connectivity index is 2.24. The summed E-state index contributed by atoms with van der Waals surface area (Å²) in [5.41, 5.74) is 1.00. The molecule has 0 amide bonds. The molecule has 4 nitrogen and oxygen atoms in total. The first-order valence-electron chi connectivity index (χ1n) is 7.45. The number of halogens is 1. The van der Waals surface area contributed by atoms with Crippen LogP contribution in [0, 0.1) is 5.92 Å². The molecule has 0 saturated carbocycles. The SMILES string of the molecule is CCCc1ccc(Cl)c(S(=O)(=O)NC2CCNCC2C)c1. The zero-order chi connectivity index (χ0) is 15.5. The third kappa shape index (κ3) is 4.19. The molecule has 0 aliphatic carbocycles. The highest BCUT2D eigenvalue weighted by Gasteiger charge is 2.28. The first-order valence-corrected chi connectivity index (χ1v) is 9.31. The number of aryl methyl sites for hydroxylation is 1. The molecule has 118 valence electrons. The van der Waals surface area contributed by atoms with Gasteiger partial charge in [-0.25, -0.2) is 13.1 Å². The third-order valence-corrected chi connectivity index (χ3v) is 5.89. The van der Waals surface area contributed by atoms with Crippen molar-refractivity contribution in [2.24, 2.45) is 5.92 Å². The van der Waals surface area contributed by atoms with E-state index in [4.69, 9.17) is 11.6 Å². The summed E-state index contributed by atoms with van der Waals surface area (Å²) < 4.78 is 28.0. The fourth-order valence-corrected chi connectivity index (χ4v) is 4.58. The first kappa shape index (κ1) is 16.7. The zero-order valence-electron chi connectivity index (χ0n) is 12.5. The normalized spacial score (nSPS) is 23.2. The lowest BCUT2D eigenvalue weighted by Crippen LogP contribution is -2.48. The number of hydrogen-bond donors (Lipinski definition) is 2. The zero-order valence-corrected chi connectivity index (χ0v) is 14.1. The molecular formula is C15H23ClN2O2S. The summed E-state index contributed by atoms with van der Waals surface area (Å²) >= 11 is 6.10. The number of nitrogens with one attached hydrogen (secondary N) is 2. The van der Waals surface area contributed by atoms with Gasteiger partial charge >= 0.3 is 0 Å². The highest BCUT2D eigenvalue weighted by Crippen LogP contribution is 2.24. The monoisotopic (exact) mass is 330 g/mol. The summed E-state index contributed by atoms with van der Waals surface area (Å²) in [4.78, 5) is 0.195. The fraction of sp³-hybridized carbons (Fsp3) is 0.600. The molecule has 1 saturated heterocycles. The van der Waals surface area contributed by atoms with Crippen molar-refractivity contribution >= 4 is 21.6 Å². The van der Waals surface area contributed by atoms with Gasteiger partial charge in [0.1, 0.15) is 4.90 Å². The summed E-state index contributed by atoms with van der Waals surface area (Å²) in [5, 5.41) is 3.55. The Morgan fingerprint density at radius 2 is 2.19 bits per heavy atom. The van der Waals surface area contributed by atoms with Gasteiger partial charge < -0.3 is 5.32 Å². The van der Waals surface area contributed by atoms with Crippen LogP contribution < -0.4 is 10.0 Å². The van der Waals surface area contributed by atoms with Gasteiger partial charge in [-0.1, -0.05) is 37.9 Å². The van der Waals surface area contributed by atoms with Gasteiger partial charge in [0.2, 0.25) is 10.0 Å². The third-order valence-electron chi connectivity index (χ3n) is 3.92. The van der Waals surface area contributed by atoms with Gasteiger partial charge in [0.05, 0.1) is 5.02 Å². The molecule has 0 radical (unpaired) electrons. The van der Waals surface area contributed by atoms with Crippen LogP contribution in [0.2, 0.25) is 5.02 Å². The molecule has 1 fully saturated rings. The minimum atomic E-state index is -3.57. The van der Waals surface area contributed by atoms with Crippen LogP contribution in [0.1, 0.15) is 32.3 Å². The average Bonchev–Trinajstić information content (AvgIpc) is 2.43. The van der Waals surface area contributed by atoms with Crippen LogP contribution in [-0.2, 0) is 16.4 Å². The molecule has 1 aliphatic heterocycles. The second kappa shape index (κ2) is 7.09. The lowest BCUT2D eigenvalue weighted by Gasteiger charge is -2.30. The van der Waals surface area contributed by atoms with Crippen molar-refractivity contribution in [1.29, 1.82) is 0 Å². The smallest absolute Gasteiger partial charge is 0.242 e. The molecule has 6 heteroatoms. The second-order valence-electron chi connectivity index (χ2n) is 5.71. The van der Waals surface area contributed by atoms with Crippen LogP contribution in [0.3, 0.4) is 0 Å². The number of rotatable bonds is 5. The van der Waals surface area contributed by atoms with Gasteiger partial charge in [0.15, 0.2) is 0 Å². The Kier molecular flexibility index (Phi) is 5.66. The minimum Gasteiger partial charge on any atom is -0.316 e. The maximum absolute atomic E-state index is 12.6. The lowest BCUT2D eigenvalue weighted by molar-refractivity contribution is 0.328. The quantitative estimate of drug-likeness (QED) is 0.872. The van der Waals surface area contributed by atoms with E-state index in [0.717, 1.165) is 37.9 Å². The van der Waals surface area contributed by atoms with Gasteiger partial charge in [-0.2, -0.15) is 0 Å². The second-order valence-corrected chi connectivity index (χ2v) is 7.80. The van der Waals surface area contributed by atoms with Gasteiger partial charge in [0, 0.05) is 6.04 Å². The maximum atomic E-state index is 12.6. The summed E-state index contributed by atoms with van der Waals surface area (Å²) in [6.45, 7) is 5.78.